The lowest BCUT2D eigenvalue weighted by molar-refractivity contribution is -0.126. The molecular weight excluding hydrogens is 418 g/mol. The van der Waals surface area contributed by atoms with Gasteiger partial charge in [0.05, 0.1) is 37.7 Å². The van der Waals surface area contributed by atoms with Crippen LogP contribution in [0.1, 0.15) is 27.7 Å². The number of nitrogens with zero attached hydrogens (tertiary/aromatic N) is 1. The number of benzene rings is 2. The highest BCUT2D eigenvalue weighted by Gasteiger charge is 2.23. The molecule has 1 atom stereocenters. The molecule has 9 heteroatoms. The molecule has 0 saturated heterocycles. The maximum atomic E-state index is 12.9. The van der Waals surface area contributed by atoms with Crippen LogP contribution in [-0.2, 0) is 16.1 Å². The fourth-order valence-electron chi connectivity index (χ4n) is 3.01. The number of amides is 2. The zero-order valence-electron chi connectivity index (χ0n) is 17.4. The Kier molecular flexibility index (Phi) is 7.58. The van der Waals surface area contributed by atoms with E-state index in [2.05, 4.69) is 15.6 Å². The first-order valence-corrected chi connectivity index (χ1v) is 10.3. The molecule has 0 aliphatic rings. The van der Waals surface area contributed by atoms with Gasteiger partial charge in [-0.05, 0) is 17.7 Å². The lowest BCUT2D eigenvalue weighted by Gasteiger charge is -2.19. The Morgan fingerprint density at radius 3 is 2.48 bits per heavy atom. The minimum absolute atomic E-state index is 0.290. The summed E-state index contributed by atoms with van der Waals surface area (Å²) in [4.78, 5) is 29.8. The first-order valence-electron chi connectivity index (χ1n) is 9.37. The number of anilines is 1. The molecule has 2 amide bonds. The van der Waals surface area contributed by atoms with Crippen LogP contribution in [-0.4, -0.2) is 38.1 Å². The van der Waals surface area contributed by atoms with Crippen molar-refractivity contribution in [3.8, 4) is 11.5 Å². The lowest BCUT2D eigenvalue weighted by atomic mass is 10.1. The highest BCUT2D eigenvalue weighted by atomic mass is 32.1. The van der Waals surface area contributed by atoms with Crippen molar-refractivity contribution in [1.29, 1.82) is 0 Å². The van der Waals surface area contributed by atoms with Crippen LogP contribution in [0.4, 0.5) is 5.69 Å². The van der Waals surface area contributed by atoms with Crippen LogP contribution in [0.5, 0.6) is 11.5 Å². The van der Waals surface area contributed by atoms with E-state index in [9.17, 15) is 9.59 Å². The summed E-state index contributed by atoms with van der Waals surface area (Å²) in [5, 5.41) is 7.45. The van der Waals surface area contributed by atoms with Gasteiger partial charge in [-0.2, -0.15) is 0 Å². The van der Waals surface area contributed by atoms with Gasteiger partial charge in [0.15, 0.2) is 17.6 Å². The molecule has 8 nitrogen and oxygen atoms in total. The topological polar surface area (TPSA) is 98.8 Å². The van der Waals surface area contributed by atoms with E-state index in [4.69, 9.17) is 14.2 Å². The van der Waals surface area contributed by atoms with Gasteiger partial charge >= 0.3 is 0 Å². The number of nitrogens with one attached hydrogen (secondary N) is 2. The molecule has 31 heavy (non-hydrogen) atoms. The normalized spacial score (nSPS) is 11.5. The second-order valence-electron chi connectivity index (χ2n) is 6.44. The minimum Gasteiger partial charge on any atom is -0.493 e. The molecule has 0 bridgehead atoms. The number of thiazole rings is 1. The fourth-order valence-corrected chi connectivity index (χ4v) is 3.57. The van der Waals surface area contributed by atoms with Crippen molar-refractivity contribution in [3.63, 3.8) is 0 Å². The van der Waals surface area contributed by atoms with E-state index in [-0.39, 0.29) is 12.5 Å². The molecule has 1 aromatic heterocycles. The van der Waals surface area contributed by atoms with Crippen LogP contribution in [0.15, 0.2) is 53.4 Å². The fraction of sp³-hybridized carbons (Fsp3) is 0.227. The molecule has 3 aromatic rings. The Hall–Kier alpha value is -3.43. The van der Waals surface area contributed by atoms with Gasteiger partial charge in [0.1, 0.15) is 0 Å². The van der Waals surface area contributed by atoms with E-state index in [1.807, 2.05) is 23.6 Å². The summed E-state index contributed by atoms with van der Waals surface area (Å²) in [6.07, 6.45) is -0.834. The molecule has 3 rings (SSSR count). The molecule has 0 fully saturated rings. The first kappa shape index (κ1) is 22.3. The van der Waals surface area contributed by atoms with Crippen molar-refractivity contribution in [2.24, 2.45) is 0 Å². The second kappa shape index (κ2) is 10.6. The van der Waals surface area contributed by atoms with Crippen LogP contribution >= 0.6 is 11.3 Å². The molecular formula is C22H23N3O5S. The average molecular weight is 442 g/mol. The zero-order chi connectivity index (χ0) is 22.2. The van der Waals surface area contributed by atoms with E-state index in [0.29, 0.717) is 28.3 Å². The number of hydrogen-bond acceptors (Lipinski definition) is 7. The SMILES string of the molecule is COc1cc(C(=O)NCc2cscn2)cc(NC(=O)C(OC)c2ccccc2)c1OC. The van der Waals surface area contributed by atoms with Gasteiger partial charge in [-0.3, -0.25) is 9.59 Å². The van der Waals surface area contributed by atoms with Gasteiger partial charge < -0.3 is 24.8 Å². The summed E-state index contributed by atoms with van der Waals surface area (Å²) in [5.74, 6) is -0.132. The third kappa shape index (κ3) is 5.39. The summed E-state index contributed by atoms with van der Waals surface area (Å²) < 4.78 is 16.2. The predicted molar refractivity (Wildman–Crippen MR) is 118 cm³/mol. The number of ether oxygens (including phenoxy) is 3. The molecule has 2 N–H and O–H groups in total. The van der Waals surface area contributed by atoms with Crippen molar-refractivity contribution >= 4 is 28.8 Å². The quantitative estimate of drug-likeness (QED) is 0.528. The van der Waals surface area contributed by atoms with Gasteiger partial charge in [-0.25, -0.2) is 4.98 Å². The summed E-state index contributed by atoms with van der Waals surface area (Å²) in [7, 11) is 4.38. The van der Waals surface area contributed by atoms with Gasteiger partial charge in [0.2, 0.25) is 0 Å². The standard InChI is InChI=1S/C22H23N3O5S/c1-28-18-10-15(21(26)23-11-16-12-31-13-24-16)9-17(20(18)30-3)25-22(27)19(29-2)14-7-5-4-6-8-14/h4-10,12-13,19H,11H2,1-3H3,(H,23,26)(H,25,27). The van der Waals surface area contributed by atoms with Crippen LogP contribution in [0.3, 0.4) is 0 Å². The number of carbonyl (C=O) groups excluding carboxylic acids is 2. The van der Waals surface area contributed by atoms with E-state index in [1.165, 1.54) is 38.7 Å². The zero-order valence-corrected chi connectivity index (χ0v) is 18.2. The lowest BCUT2D eigenvalue weighted by Crippen LogP contribution is -2.25. The molecule has 0 radical (unpaired) electrons. The van der Waals surface area contributed by atoms with Crippen LogP contribution in [0, 0.1) is 0 Å². The maximum Gasteiger partial charge on any atom is 0.258 e. The first-order chi connectivity index (χ1) is 15.1. The van der Waals surface area contributed by atoms with Crippen LogP contribution < -0.4 is 20.1 Å². The van der Waals surface area contributed by atoms with Gasteiger partial charge in [-0.1, -0.05) is 30.3 Å². The Morgan fingerprint density at radius 2 is 1.87 bits per heavy atom. The van der Waals surface area contributed by atoms with E-state index >= 15 is 0 Å². The van der Waals surface area contributed by atoms with E-state index in [0.717, 1.165) is 5.69 Å². The van der Waals surface area contributed by atoms with Crippen molar-refractivity contribution < 1.29 is 23.8 Å². The number of rotatable bonds is 9. The minimum atomic E-state index is -0.834. The van der Waals surface area contributed by atoms with Gasteiger partial charge in [0.25, 0.3) is 11.8 Å². The summed E-state index contributed by atoms with van der Waals surface area (Å²) in [6.45, 7) is 0.290. The molecule has 2 aromatic carbocycles. The highest BCUT2D eigenvalue weighted by Crippen LogP contribution is 2.37. The molecule has 0 spiro atoms. The number of methoxy groups -OCH3 is 3. The third-order valence-corrected chi connectivity index (χ3v) is 5.12. The Labute approximate surface area is 184 Å². The van der Waals surface area contributed by atoms with E-state index < -0.39 is 12.0 Å². The van der Waals surface area contributed by atoms with Crippen molar-refractivity contribution in [2.75, 3.05) is 26.6 Å². The Morgan fingerprint density at radius 1 is 1.10 bits per heavy atom. The monoisotopic (exact) mass is 441 g/mol. The number of hydrogen-bond donors (Lipinski definition) is 2. The van der Waals surface area contributed by atoms with Crippen LogP contribution in [0.2, 0.25) is 0 Å². The molecule has 1 heterocycles. The molecule has 0 saturated carbocycles. The summed E-state index contributed by atoms with van der Waals surface area (Å²) >= 11 is 1.45. The number of carbonyl (C=O) groups is 2. The Bertz CT molecular complexity index is 1030. The highest BCUT2D eigenvalue weighted by molar-refractivity contribution is 7.07. The predicted octanol–water partition coefficient (Wildman–Crippen LogP) is 3.42. The second-order valence-corrected chi connectivity index (χ2v) is 7.16. The molecule has 1 unspecified atom stereocenters. The van der Waals surface area contributed by atoms with E-state index in [1.54, 1.807) is 23.7 Å². The number of aromatic nitrogens is 1. The average Bonchev–Trinajstić information content (AvgIpc) is 3.31. The largest absolute Gasteiger partial charge is 0.493 e. The van der Waals surface area contributed by atoms with Gasteiger partial charge in [0, 0.05) is 18.1 Å². The van der Waals surface area contributed by atoms with Crippen molar-refractivity contribution in [1.82, 2.24) is 10.3 Å². The van der Waals surface area contributed by atoms with Crippen LogP contribution in [0.25, 0.3) is 0 Å². The Balaban J connectivity index is 1.86. The van der Waals surface area contributed by atoms with Crippen molar-refractivity contribution in [2.45, 2.75) is 12.6 Å². The summed E-state index contributed by atoms with van der Waals surface area (Å²) in [6, 6.07) is 12.2. The molecule has 162 valence electrons. The maximum absolute atomic E-state index is 12.9. The smallest absolute Gasteiger partial charge is 0.258 e. The molecule has 0 aliphatic carbocycles. The summed E-state index contributed by atoms with van der Waals surface area (Å²) in [5.41, 5.74) is 3.76. The van der Waals surface area contributed by atoms with Crippen molar-refractivity contribution in [3.05, 3.63) is 70.2 Å². The van der Waals surface area contributed by atoms with Gasteiger partial charge in [-0.15, -0.1) is 11.3 Å². The third-order valence-electron chi connectivity index (χ3n) is 4.49. The molecule has 0 aliphatic heterocycles.